The fraction of sp³-hybridized carbons (Fsp3) is 0.154. The number of rotatable bonds is 6. The number of nitrogens with zero attached hydrogens (tertiary/aromatic N) is 3. The number of halogens is 1. The number of furan rings is 1. The first-order valence-corrected chi connectivity index (χ1v) is 11.5. The Kier molecular flexibility index (Phi) is 6.11. The van der Waals surface area contributed by atoms with Crippen molar-refractivity contribution in [2.75, 3.05) is 12.0 Å². The predicted molar refractivity (Wildman–Crippen MR) is 136 cm³/mol. The monoisotopic (exact) mass is 504 g/mol. The number of non-ortho nitro benzene ring substituents is 1. The molecule has 0 unspecified atom stereocenters. The maximum absolute atomic E-state index is 14.0. The topological polar surface area (TPSA) is 93.7 Å². The van der Waals surface area contributed by atoms with E-state index in [1.54, 1.807) is 37.4 Å². The second-order valence-electron chi connectivity index (χ2n) is 8.27. The van der Waals surface area contributed by atoms with Crippen molar-refractivity contribution >= 4 is 28.7 Å². The number of aromatic nitrogens is 1. The molecule has 8 nitrogen and oxygen atoms in total. The summed E-state index contributed by atoms with van der Waals surface area (Å²) in [7, 11) is 1.45. The first-order valence-electron chi connectivity index (χ1n) is 11.1. The van der Waals surface area contributed by atoms with Crippen molar-refractivity contribution in [3.8, 4) is 17.1 Å². The Balaban J connectivity index is 1.60. The van der Waals surface area contributed by atoms with E-state index >= 15 is 0 Å². The molecule has 2 aromatic carbocycles. The van der Waals surface area contributed by atoms with Gasteiger partial charge in [0.15, 0.2) is 5.11 Å². The van der Waals surface area contributed by atoms with Crippen LogP contribution in [0.25, 0.3) is 11.3 Å². The van der Waals surface area contributed by atoms with E-state index in [1.165, 1.54) is 25.3 Å². The number of nitrogens with one attached hydrogen (secondary N) is 1. The van der Waals surface area contributed by atoms with Crippen LogP contribution in [0.3, 0.4) is 0 Å². The van der Waals surface area contributed by atoms with E-state index < -0.39 is 11.0 Å². The molecule has 0 bridgehead atoms. The lowest BCUT2D eigenvalue weighted by Gasteiger charge is -2.26. The zero-order valence-electron chi connectivity index (χ0n) is 19.3. The number of aryl methyl sites for hydroxylation is 1. The first kappa shape index (κ1) is 23.4. The van der Waals surface area contributed by atoms with Crippen LogP contribution < -0.4 is 15.0 Å². The SMILES string of the molecule is COc1cc([N+](=O)[O-])ccc1-c1ccc([C@@H]2[C@H](c3ccccn3)NC(=S)N2c2ccc(F)c(C)c2)o1. The van der Waals surface area contributed by atoms with Gasteiger partial charge in [0.05, 0.1) is 35.4 Å². The maximum atomic E-state index is 14.0. The lowest BCUT2D eigenvalue weighted by atomic mass is 10.0. The molecule has 10 heteroatoms. The van der Waals surface area contributed by atoms with Gasteiger partial charge in [-0.15, -0.1) is 0 Å². The number of pyridine rings is 1. The van der Waals surface area contributed by atoms with E-state index in [2.05, 4.69) is 10.3 Å². The Hall–Kier alpha value is -4.31. The number of benzene rings is 2. The largest absolute Gasteiger partial charge is 0.496 e. The summed E-state index contributed by atoms with van der Waals surface area (Å²) in [6, 6.07) is 17.6. The molecule has 0 spiro atoms. The van der Waals surface area contributed by atoms with Gasteiger partial charge in [0, 0.05) is 18.0 Å². The average Bonchev–Trinajstić information content (AvgIpc) is 3.50. The molecule has 182 valence electrons. The predicted octanol–water partition coefficient (Wildman–Crippen LogP) is 5.88. The Morgan fingerprint density at radius 1 is 1.17 bits per heavy atom. The van der Waals surface area contributed by atoms with E-state index in [1.807, 2.05) is 29.2 Å². The Labute approximate surface area is 211 Å². The van der Waals surface area contributed by atoms with E-state index in [9.17, 15) is 14.5 Å². The highest BCUT2D eigenvalue weighted by atomic mass is 32.1. The van der Waals surface area contributed by atoms with Gasteiger partial charge < -0.3 is 19.4 Å². The molecule has 2 atom stereocenters. The molecular formula is C26H21FN4O4S. The van der Waals surface area contributed by atoms with Crippen molar-refractivity contribution in [2.45, 2.75) is 19.0 Å². The van der Waals surface area contributed by atoms with Crippen LogP contribution in [0.5, 0.6) is 5.75 Å². The number of thiocarbonyl (C=S) groups is 1. The van der Waals surface area contributed by atoms with Gasteiger partial charge in [0.2, 0.25) is 0 Å². The van der Waals surface area contributed by atoms with Gasteiger partial charge in [-0.3, -0.25) is 15.1 Å². The third kappa shape index (κ3) is 4.16. The highest BCUT2D eigenvalue weighted by Crippen LogP contribution is 2.44. The van der Waals surface area contributed by atoms with Crippen molar-refractivity contribution in [3.05, 3.63) is 106 Å². The van der Waals surface area contributed by atoms with Gasteiger partial charge in [-0.2, -0.15) is 0 Å². The molecule has 2 aromatic heterocycles. The fourth-order valence-corrected chi connectivity index (χ4v) is 4.70. The number of hydrogen-bond donors (Lipinski definition) is 1. The zero-order valence-corrected chi connectivity index (χ0v) is 20.2. The third-order valence-corrected chi connectivity index (χ3v) is 6.41. The van der Waals surface area contributed by atoms with Crippen molar-refractivity contribution < 1.29 is 18.5 Å². The van der Waals surface area contributed by atoms with Crippen molar-refractivity contribution in [1.29, 1.82) is 0 Å². The minimum Gasteiger partial charge on any atom is -0.496 e. The number of methoxy groups -OCH3 is 1. The highest BCUT2D eigenvalue weighted by molar-refractivity contribution is 7.80. The van der Waals surface area contributed by atoms with E-state index in [4.69, 9.17) is 21.4 Å². The normalized spacial score (nSPS) is 17.2. The summed E-state index contributed by atoms with van der Waals surface area (Å²) >= 11 is 5.70. The quantitative estimate of drug-likeness (QED) is 0.198. The number of ether oxygens (including phenoxy) is 1. The van der Waals surface area contributed by atoms with Gasteiger partial charge in [-0.1, -0.05) is 6.07 Å². The summed E-state index contributed by atoms with van der Waals surface area (Å²) < 4.78 is 25.7. The van der Waals surface area contributed by atoms with Crippen LogP contribution in [0, 0.1) is 22.9 Å². The summed E-state index contributed by atoms with van der Waals surface area (Å²) in [4.78, 5) is 17.1. The summed E-state index contributed by atoms with van der Waals surface area (Å²) in [5, 5.41) is 15.0. The van der Waals surface area contributed by atoms with Gasteiger partial charge >= 0.3 is 0 Å². The van der Waals surface area contributed by atoms with E-state index in [0.717, 1.165) is 5.69 Å². The van der Waals surface area contributed by atoms with Gasteiger partial charge in [-0.25, -0.2) is 4.39 Å². The number of hydrogen-bond acceptors (Lipinski definition) is 6. The second-order valence-corrected chi connectivity index (χ2v) is 8.66. The molecule has 3 heterocycles. The molecule has 0 aliphatic carbocycles. The summed E-state index contributed by atoms with van der Waals surface area (Å²) in [6.45, 7) is 1.70. The van der Waals surface area contributed by atoms with E-state index in [-0.39, 0.29) is 17.5 Å². The van der Waals surface area contributed by atoms with Crippen LogP contribution in [0.1, 0.15) is 29.1 Å². The molecule has 5 rings (SSSR count). The Morgan fingerprint density at radius 3 is 2.69 bits per heavy atom. The highest BCUT2D eigenvalue weighted by Gasteiger charge is 2.42. The Morgan fingerprint density at radius 2 is 2.00 bits per heavy atom. The molecule has 0 radical (unpaired) electrons. The van der Waals surface area contributed by atoms with Crippen molar-refractivity contribution in [3.63, 3.8) is 0 Å². The van der Waals surface area contributed by atoms with Crippen LogP contribution in [0.2, 0.25) is 0 Å². The molecule has 1 aliphatic rings. The minimum absolute atomic E-state index is 0.0826. The molecule has 1 fully saturated rings. The minimum atomic E-state index is -0.481. The average molecular weight is 505 g/mol. The molecule has 0 amide bonds. The molecule has 1 N–H and O–H groups in total. The van der Waals surface area contributed by atoms with Crippen LogP contribution in [0.15, 0.2) is 77.3 Å². The lowest BCUT2D eigenvalue weighted by molar-refractivity contribution is -0.384. The number of nitro benzene ring substituents is 1. The number of anilines is 1. The van der Waals surface area contributed by atoms with Crippen LogP contribution in [-0.2, 0) is 0 Å². The smallest absolute Gasteiger partial charge is 0.273 e. The first-order chi connectivity index (χ1) is 17.4. The maximum Gasteiger partial charge on any atom is 0.273 e. The van der Waals surface area contributed by atoms with Gasteiger partial charge in [0.25, 0.3) is 5.69 Å². The summed E-state index contributed by atoms with van der Waals surface area (Å²) in [5.41, 5.74) is 2.45. The van der Waals surface area contributed by atoms with Crippen LogP contribution in [0.4, 0.5) is 15.8 Å². The Bertz CT molecular complexity index is 1460. The van der Waals surface area contributed by atoms with Gasteiger partial charge in [-0.05, 0) is 73.2 Å². The molecule has 1 aliphatic heterocycles. The lowest BCUT2D eigenvalue weighted by Crippen LogP contribution is -2.29. The zero-order chi connectivity index (χ0) is 25.4. The second kappa shape index (κ2) is 9.38. The molecule has 4 aromatic rings. The van der Waals surface area contributed by atoms with Crippen LogP contribution in [-0.4, -0.2) is 22.1 Å². The fourth-order valence-electron chi connectivity index (χ4n) is 4.35. The van der Waals surface area contributed by atoms with E-state index in [0.29, 0.717) is 39.2 Å². The molecule has 36 heavy (non-hydrogen) atoms. The molecule has 1 saturated heterocycles. The summed E-state index contributed by atoms with van der Waals surface area (Å²) in [6.07, 6.45) is 1.71. The van der Waals surface area contributed by atoms with Crippen molar-refractivity contribution in [1.82, 2.24) is 10.3 Å². The van der Waals surface area contributed by atoms with Gasteiger partial charge in [0.1, 0.15) is 29.1 Å². The third-order valence-electron chi connectivity index (χ3n) is 6.10. The standard InChI is InChI=1S/C26H21FN4O4S/c1-15-13-16(7-9-19(15)27)30-25(24(29-26(30)36)20-5-3-4-12-28-20)22-11-10-21(35-22)18-8-6-17(31(32)33)14-23(18)34-2/h3-14,24-25H,1-2H3,(H,29,36)/t24-,25+/m0/s1. The van der Waals surface area contributed by atoms with Crippen LogP contribution >= 0.6 is 12.2 Å². The van der Waals surface area contributed by atoms with Crippen molar-refractivity contribution in [2.24, 2.45) is 0 Å². The number of nitro groups is 1. The molecule has 0 saturated carbocycles. The molecular weight excluding hydrogens is 483 g/mol. The summed E-state index contributed by atoms with van der Waals surface area (Å²) in [5.74, 6) is 1.07.